The van der Waals surface area contributed by atoms with Crippen molar-refractivity contribution < 1.29 is 20.4 Å². The van der Waals surface area contributed by atoms with Crippen molar-refractivity contribution in [1.29, 1.82) is 0 Å². The molecule has 0 unspecified atom stereocenters. The molecule has 1 radical (unpaired) electrons. The summed E-state index contributed by atoms with van der Waals surface area (Å²) < 4.78 is 0.986. The Hall–Kier alpha value is 0.542. The largest absolute Gasteiger partial charge is 0.380 e. The minimum atomic E-state index is 0. The summed E-state index contributed by atoms with van der Waals surface area (Å²) in [6, 6.07) is 5.62. The monoisotopic (exact) mass is 391 g/mol. The average Bonchev–Trinajstić information content (AvgIpc) is 1.69. The quantitative estimate of drug-likeness (QED) is 0.372. The van der Waals surface area contributed by atoms with Crippen LogP contribution in [0.2, 0.25) is 0 Å². The van der Waals surface area contributed by atoms with Gasteiger partial charge in [0.2, 0.25) is 0 Å². The van der Waals surface area contributed by atoms with Crippen molar-refractivity contribution in [3.63, 3.8) is 0 Å². The van der Waals surface area contributed by atoms with Gasteiger partial charge in [0.05, 0.1) is 0 Å². The molecule has 0 saturated heterocycles. The summed E-state index contributed by atoms with van der Waals surface area (Å²) in [5, 5.41) is 0. The van der Waals surface area contributed by atoms with E-state index in [9.17, 15) is 0 Å². The van der Waals surface area contributed by atoms with Crippen LogP contribution in [0.15, 0.2) is 18.2 Å². The predicted octanol–water partition coefficient (Wildman–Crippen LogP) is 1.48. The Labute approximate surface area is 75.7 Å². The van der Waals surface area contributed by atoms with Crippen LogP contribution in [0.1, 0.15) is 0 Å². The van der Waals surface area contributed by atoms with Crippen LogP contribution in [0.4, 0.5) is 0 Å². The second-order valence-electron chi connectivity index (χ2n) is 1.09. The first-order valence-corrected chi connectivity index (χ1v) is 2.96. The van der Waals surface area contributed by atoms with Gasteiger partial charge < -0.3 is 4.98 Å². The van der Waals surface area contributed by atoms with Gasteiger partial charge in [-0.05, 0) is 3.70 Å². The van der Waals surface area contributed by atoms with E-state index < -0.39 is 0 Å². The molecule has 1 heterocycles. The summed E-state index contributed by atoms with van der Waals surface area (Å²) in [7, 11) is 0. The van der Waals surface area contributed by atoms with Crippen LogP contribution in [0, 0.1) is 9.90 Å². The van der Waals surface area contributed by atoms with E-state index in [1.54, 1.807) is 6.07 Å². The summed E-state index contributed by atoms with van der Waals surface area (Å²) in [4.78, 5) is 3.84. The Morgan fingerprint density at radius 1 is 1.62 bits per heavy atom. The van der Waals surface area contributed by atoms with Crippen molar-refractivity contribution in [3.8, 4) is 0 Å². The molecule has 0 aromatic carbocycles. The smallest absolute Gasteiger partial charge is 0 e. The third-order valence-electron chi connectivity index (χ3n) is 0.576. The molecule has 3 heteroatoms. The van der Waals surface area contributed by atoms with Crippen molar-refractivity contribution in [2.75, 3.05) is 0 Å². The van der Waals surface area contributed by atoms with E-state index >= 15 is 0 Å². The van der Waals surface area contributed by atoms with E-state index in [-0.39, 0.29) is 20.4 Å². The number of rotatable bonds is 0. The fourth-order valence-electron chi connectivity index (χ4n) is 0.307. The third-order valence-corrected chi connectivity index (χ3v) is 1.18. The molecular formula is C5H3INRe-. The molecular weight excluding hydrogens is 387 g/mol. The molecule has 0 aliphatic carbocycles. The average molecular weight is 390 g/mol. The second kappa shape index (κ2) is 4.42. The Bertz CT molecular complexity index is 142. The van der Waals surface area contributed by atoms with Gasteiger partial charge in [-0.25, -0.2) is 0 Å². The molecule has 1 nitrogen and oxygen atoms in total. The maximum atomic E-state index is 3.84. The van der Waals surface area contributed by atoms with Gasteiger partial charge in [0.25, 0.3) is 0 Å². The zero-order valence-corrected chi connectivity index (χ0v) is 8.81. The molecule has 8 heavy (non-hydrogen) atoms. The number of pyridine rings is 1. The van der Waals surface area contributed by atoms with Gasteiger partial charge in [-0.1, -0.05) is 6.20 Å². The van der Waals surface area contributed by atoms with E-state index in [1.165, 1.54) is 0 Å². The van der Waals surface area contributed by atoms with E-state index in [4.69, 9.17) is 0 Å². The summed E-state index contributed by atoms with van der Waals surface area (Å²) in [5.74, 6) is 0. The van der Waals surface area contributed by atoms with Crippen LogP contribution < -0.4 is 0 Å². The van der Waals surface area contributed by atoms with Crippen LogP contribution in [0.25, 0.3) is 0 Å². The SMILES string of the molecule is Ic1ccc[c-]n1.[Re]. The predicted molar refractivity (Wildman–Crippen MR) is 35.8 cm³/mol. The van der Waals surface area contributed by atoms with Gasteiger partial charge >= 0.3 is 0 Å². The Balaban J connectivity index is 0.000000490. The minimum absolute atomic E-state index is 0. The van der Waals surface area contributed by atoms with Crippen molar-refractivity contribution in [3.05, 3.63) is 28.1 Å². The van der Waals surface area contributed by atoms with E-state index in [0.717, 1.165) is 3.70 Å². The van der Waals surface area contributed by atoms with E-state index in [2.05, 4.69) is 33.8 Å². The van der Waals surface area contributed by atoms with Gasteiger partial charge in [-0.3, -0.25) is 0 Å². The first-order chi connectivity index (χ1) is 3.39. The van der Waals surface area contributed by atoms with Crippen LogP contribution >= 0.6 is 22.6 Å². The summed E-state index contributed by atoms with van der Waals surface area (Å²) >= 11 is 2.14. The molecule has 43 valence electrons. The number of halogens is 1. The minimum Gasteiger partial charge on any atom is -0.380 e. The maximum Gasteiger partial charge on any atom is 0 e. The first kappa shape index (κ1) is 8.54. The first-order valence-electron chi connectivity index (χ1n) is 1.88. The zero-order valence-electron chi connectivity index (χ0n) is 3.94. The molecule has 1 aromatic heterocycles. The zero-order chi connectivity index (χ0) is 5.11. The van der Waals surface area contributed by atoms with Gasteiger partial charge in [0, 0.05) is 20.4 Å². The van der Waals surface area contributed by atoms with Gasteiger partial charge in [0.15, 0.2) is 0 Å². The van der Waals surface area contributed by atoms with Crippen LogP contribution in [-0.4, -0.2) is 4.98 Å². The van der Waals surface area contributed by atoms with Crippen LogP contribution in [0.3, 0.4) is 0 Å². The molecule has 0 aliphatic heterocycles. The molecule has 0 N–H and O–H groups in total. The number of aromatic nitrogens is 1. The third kappa shape index (κ3) is 2.75. The molecule has 0 spiro atoms. The summed E-state index contributed by atoms with van der Waals surface area (Å²) in [5.41, 5.74) is 0. The molecule has 0 amide bonds. The van der Waals surface area contributed by atoms with Gasteiger partial charge in [0.1, 0.15) is 0 Å². The summed E-state index contributed by atoms with van der Waals surface area (Å²) in [6.07, 6.45) is 2.70. The van der Waals surface area contributed by atoms with Crippen molar-refractivity contribution in [2.24, 2.45) is 0 Å². The van der Waals surface area contributed by atoms with E-state index in [1.807, 2.05) is 12.1 Å². The second-order valence-corrected chi connectivity index (χ2v) is 2.19. The van der Waals surface area contributed by atoms with Crippen molar-refractivity contribution >= 4 is 22.6 Å². The standard InChI is InChI=1S/C5H3IN.Re/c6-5-3-1-2-4-7-5;/h1-3H;/q-1;. The van der Waals surface area contributed by atoms with Crippen molar-refractivity contribution in [1.82, 2.24) is 4.98 Å². The van der Waals surface area contributed by atoms with Crippen LogP contribution in [0.5, 0.6) is 0 Å². The Morgan fingerprint density at radius 2 is 2.38 bits per heavy atom. The van der Waals surface area contributed by atoms with Crippen LogP contribution in [-0.2, 0) is 20.4 Å². The topological polar surface area (TPSA) is 12.9 Å². The molecule has 1 aromatic rings. The normalized spacial score (nSPS) is 7.62. The van der Waals surface area contributed by atoms with Gasteiger partial charge in [-0.2, -0.15) is 12.1 Å². The summed E-state index contributed by atoms with van der Waals surface area (Å²) in [6.45, 7) is 0. The molecule has 0 bridgehead atoms. The molecule has 1 rings (SSSR count). The molecule has 0 aliphatic rings. The number of nitrogens with zero attached hydrogens (tertiary/aromatic N) is 1. The Kier molecular flexibility index (Phi) is 4.72. The molecule has 0 atom stereocenters. The number of hydrogen-bond donors (Lipinski definition) is 0. The molecule has 0 saturated carbocycles. The molecule has 0 fully saturated rings. The fraction of sp³-hybridized carbons (Fsp3) is 0. The van der Waals surface area contributed by atoms with Gasteiger partial charge in [-0.15, -0.1) is 28.7 Å². The maximum absolute atomic E-state index is 3.84. The van der Waals surface area contributed by atoms with Crippen molar-refractivity contribution in [2.45, 2.75) is 0 Å². The number of hydrogen-bond acceptors (Lipinski definition) is 1. The Morgan fingerprint density at radius 3 is 2.62 bits per heavy atom. The van der Waals surface area contributed by atoms with E-state index in [0.29, 0.717) is 0 Å². The fourth-order valence-corrected chi connectivity index (χ4v) is 0.654.